The Morgan fingerprint density at radius 2 is 2.12 bits per heavy atom. The lowest BCUT2D eigenvalue weighted by atomic mass is 10.2. The second kappa shape index (κ2) is 7.78. The minimum atomic E-state index is 0.171. The van der Waals surface area contributed by atoms with Crippen molar-refractivity contribution in [1.82, 2.24) is 5.32 Å². The molecular formula is C14H19NO. The van der Waals surface area contributed by atoms with E-state index in [2.05, 4.69) is 18.2 Å². The van der Waals surface area contributed by atoms with E-state index < -0.39 is 0 Å². The lowest BCUT2D eigenvalue weighted by Gasteiger charge is -2.12. The minimum Gasteiger partial charge on any atom is -0.492 e. The summed E-state index contributed by atoms with van der Waals surface area (Å²) in [5.41, 5.74) is 0. The van der Waals surface area contributed by atoms with E-state index in [0.29, 0.717) is 6.61 Å². The molecule has 0 amide bonds. The third-order valence-electron chi connectivity index (χ3n) is 2.28. The maximum Gasteiger partial charge on any atom is 0.119 e. The topological polar surface area (TPSA) is 21.3 Å². The Kier molecular flexibility index (Phi) is 6.13. The standard InChI is InChI=1S/C14H19NO/c1-3-8-13(4-2)15-11-12-16-14-9-6-5-7-10-14/h2,5-7,9-10,13,15H,3,8,11-12H2,1H3. The Bertz CT molecular complexity index is 315. The number of terminal acetylenes is 1. The molecule has 0 radical (unpaired) electrons. The Balaban J connectivity index is 2.14. The molecule has 1 aromatic rings. The number of benzene rings is 1. The zero-order valence-electron chi connectivity index (χ0n) is 9.78. The molecule has 0 saturated carbocycles. The Morgan fingerprint density at radius 1 is 1.38 bits per heavy atom. The first-order valence-corrected chi connectivity index (χ1v) is 5.74. The molecule has 0 heterocycles. The van der Waals surface area contributed by atoms with E-state index in [9.17, 15) is 0 Å². The van der Waals surface area contributed by atoms with Gasteiger partial charge in [0.1, 0.15) is 12.4 Å². The Labute approximate surface area is 98.0 Å². The first kappa shape index (κ1) is 12.6. The molecule has 1 atom stereocenters. The minimum absolute atomic E-state index is 0.171. The van der Waals surface area contributed by atoms with Crippen molar-refractivity contribution in [3.63, 3.8) is 0 Å². The number of ether oxygens (including phenoxy) is 1. The molecular weight excluding hydrogens is 198 g/mol. The predicted molar refractivity (Wildman–Crippen MR) is 67.5 cm³/mol. The molecule has 0 aliphatic rings. The Morgan fingerprint density at radius 3 is 2.75 bits per heavy atom. The predicted octanol–water partition coefficient (Wildman–Crippen LogP) is 2.46. The molecule has 1 aromatic carbocycles. The van der Waals surface area contributed by atoms with Crippen molar-refractivity contribution in [3.05, 3.63) is 30.3 Å². The van der Waals surface area contributed by atoms with Crippen molar-refractivity contribution >= 4 is 0 Å². The van der Waals surface area contributed by atoms with Gasteiger partial charge in [-0.2, -0.15) is 0 Å². The van der Waals surface area contributed by atoms with Crippen LogP contribution in [0.15, 0.2) is 30.3 Å². The third-order valence-corrected chi connectivity index (χ3v) is 2.28. The van der Waals surface area contributed by atoms with Crippen LogP contribution in [0.25, 0.3) is 0 Å². The maximum atomic E-state index is 5.55. The van der Waals surface area contributed by atoms with Gasteiger partial charge in [-0.25, -0.2) is 0 Å². The number of hydrogen-bond acceptors (Lipinski definition) is 2. The van der Waals surface area contributed by atoms with Gasteiger partial charge >= 0.3 is 0 Å². The second-order valence-electron chi connectivity index (χ2n) is 3.62. The number of rotatable bonds is 7. The van der Waals surface area contributed by atoms with Crippen LogP contribution in [0, 0.1) is 12.3 Å². The van der Waals surface area contributed by atoms with E-state index in [-0.39, 0.29) is 6.04 Å². The van der Waals surface area contributed by atoms with Crippen LogP contribution in [0.2, 0.25) is 0 Å². The summed E-state index contributed by atoms with van der Waals surface area (Å²) in [5.74, 6) is 3.64. The number of hydrogen-bond donors (Lipinski definition) is 1. The molecule has 1 rings (SSSR count). The highest BCUT2D eigenvalue weighted by Crippen LogP contribution is 2.07. The van der Waals surface area contributed by atoms with E-state index in [0.717, 1.165) is 25.1 Å². The summed E-state index contributed by atoms with van der Waals surface area (Å²) in [6, 6.07) is 9.97. The molecule has 0 fully saturated rings. The van der Waals surface area contributed by atoms with Crippen molar-refractivity contribution in [1.29, 1.82) is 0 Å². The van der Waals surface area contributed by atoms with Crippen LogP contribution in [-0.4, -0.2) is 19.2 Å². The van der Waals surface area contributed by atoms with E-state index in [4.69, 9.17) is 11.2 Å². The quantitative estimate of drug-likeness (QED) is 0.559. The van der Waals surface area contributed by atoms with Gasteiger partial charge in [-0.3, -0.25) is 0 Å². The number of nitrogens with one attached hydrogen (secondary N) is 1. The highest BCUT2D eigenvalue weighted by Gasteiger charge is 2.01. The Hall–Kier alpha value is -1.46. The highest BCUT2D eigenvalue weighted by molar-refractivity contribution is 5.20. The molecule has 0 aliphatic heterocycles. The van der Waals surface area contributed by atoms with Crippen LogP contribution in [0.3, 0.4) is 0 Å². The summed E-state index contributed by atoms with van der Waals surface area (Å²) in [6.45, 7) is 3.56. The van der Waals surface area contributed by atoms with E-state index in [1.165, 1.54) is 0 Å². The molecule has 86 valence electrons. The summed E-state index contributed by atoms with van der Waals surface area (Å²) < 4.78 is 5.55. The first-order valence-electron chi connectivity index (χ1n) is 5.74. The molecule has 1 unspecified atom stereocenters. The largest absolute Gasteiger partial charge is 0.492 e. The normalized spacial score (nSPS) is 11.8. The van der Waals surface area contributed by atoms with Crippen LogP contribution in [0.5, 0.6) is 5.75 Å². The fraction of sp³-hybridized carbons (Fsp3) is 0.429. The fourth-order valence-electron chi connectivity index (χ4n) is 1.45. The van der Waals surface area contributed by atoms with Gasteiger partial charge in [-0.05, 0) is 18.6 Å². The van der Waals surface area contributed by atoms with Crippen LogP contribution >= 0.6 is 0 Å². The molecule has 0 saturated heterocycles. The van der Waals surface area contributed by atoms with Gasteiger partial charge in [0.25, 0.3) is 0 Å². The van der Waals surface area contributed by atoms with Gasteiger partial charge in [0.05, 0.1) is 6.04 Å². The first-order chi connectivity index (χ1) is 7.86. The van der Waals surface area contributed by atoms with Gasteiger partial charge in [0.2, 0.25) is 0 Å². The fourth-order valence-corrected chi connectivity index (χ4v) is 1.45. The summed E-state index contributed by atoms with van der Waals surface area (Å²) in [6.07, 6.45) is 7.51. The number of para-hydroxylation sites is 1. The van der Waals surface area contributed by atoms with Crippen LogP contribution < -0.4 is 10.1 Å². The van der Waals surface area contributed by atoms with Crippen molar-refractivity contribution < 1.29 is 4.74 Å². The van der Waals surface area contributed by atoms with Gasteiger partial charge in [-0.15, -0.1) is 6.42 Å². The van der Waals surface area contributed by atoms with Crippen LogP contribution in [0.4, 0.5) is 0 Å². The third kappa shape index (κ3) is 4.86. The summed E-state index contributed by atoms with van der Waals surface area (Å²) in [5, 5.41) is 3.28. The highest BCUT2D eigenvalue weighted by atomic mass is 16.5. The molecule has 0 bridgehead atoms. The van der Waals surface area contributed by atoms with Gasteiger partial charge in [0.15, 0.2) is 0 Å². The van der Waals surface area contributed by atoms with Gasteiger partial charge in [0, 0.05) is 6.54 Å². The molecule has 2 nitrogen and oxygen atoms in total. The smallest absolute Gasteiger partial charge is 0.119 e. The van der Waals surface area contributed by atoms with Gasteiger partial charge < -0.3 is 10.1 Å². The van der Waals surface area contributed by atoms with Crippen molar-refractivity contribution in [2.75, 3.05) is 13.2 Å². The lowest BCUT2D eigenvalue weighted by molar-refractivity contribution is 0.309. The second-order valence-corrected chi connectivity index (χ2v) is 3.62. The molecule has 16 heavy (non-hydrogen) atoms. The monoisotopic (exact) mass is 217 g/mol. The van der Waals surface area contributed by atoms with Crippen molar-refractivity contribution in [2.45, 2.75) is 25.8 Å². The zero-order chi connectivity index (χ0) is 11.6. The molecule has 0 spiro atoms. The SMILES string of the molecule is C#CC(CCC)NCCOc1ccccc1. The van der Waals surface area contributed by atoms with E-state index in [1.54, 1.807) is 0 Å². The van der Waals surface area contributed by atoms with E-state index >= 15 is 0 Å². The van der Waals surface area contributed by atoms with Gasteiger partial charge in [-0.1, -0.05) is 37.5 Å². The lowest BCUT2D eigenvalue weighted by Crippen LogP contribution is -2.31. The molecule has 2 heteroatoms. The maximum absolute atomic E-state index is 5.55. The van der Waals surface area contributed by atoms with Crippen LogP contribution in [0.1, 0.15) is 19.8 Å². The average Bonchev–Trinajstić information content (AvgIpc) is 2.34. The average molecular weight is 217 g/mol. The molecule has 0 aliphatic carbocycles. The zero-order valence-corrected chi connectivity index (χ0v) is 9.78. The summed E-state index contributed by atoms with van der Waals surface area (Å²) in [4.78, 5) is 0. The van der Waals surface area contributed by atoms with E-state index in [1.807, 2.05) is 30.3 Å². The summed E-state index contributed by atoms with van der Waals surface area (Å²) in [7, 11) is 0. The molecule has 0 aromatic heterocycles. The molecule has 1 N–H and O–H groups in total. The summed E-state index contributed by atoms with van der Waals surface area (Å²) >= 11 is 0. The van der Waals surface area contributed by atoms with Crippen molar-refractivity contribution in [3.8, 4) is 18.1 Å². The van der Waals surface area contributed by atoms with Crippen molar-refractivity contribution in [2.24, 2.45) is 0 Å². The van der Waals surface area contributed by atoms with Crippen LogP contribution in [-0.2, 0) is 0 Å².